The predicted molar refractivity (Wildman–Crippen MR) is 86.9 cm³/mol. The molecule has 2 N–H and O–H groups in total. The number of para-hydroxylation sites is 1. The van der Waals surface area contributed by atoms with Crippen LogP contribution in [0.1, 0.15) is 30.9 Å². The molecule has 0 radical (unpaired) electrons. The summed E-state index contributed by atoms with van der Waals surface area (Å²) in [5.74, 6) is 0.683. The van der Waals surface area contributed by atoms with Crippen molar-refractivity contribution in [1.82, 2.24) is 0 Å². The van der Waals surface area contributed by atoms with Crippen molar-refractivity contribution in [2.24, 2.45) is 0 Å². The smallest absolute Gasteiger partial charge is 0.224 e. The molecule has 4 heteroatoms. The van der Waals surface area contributed by atoms with E-state index in [2.05, 4.69) is 5.32 Å². The first-order valence-electron chi connectivity index (χ1n) is 7.36. The molecule has 0 fully saturated rings. The summed E-state index contributed by atoms with van der Waals surface area (Å²) < 4.78 is 5.14. The van der Waals surface area contributed by atoms with Crippen LogP contribution in [0.5, 0.6) is 5.75 Å². The Labute approximate surface area is 130 Å². The number of amides is 1. The van der Waals surface area contributed by atoms with E-state index in [0.717, 1.165) is 17.0 Å². The van der Waals surface area contributed by atoms with Crippen LogP contribution in [0.2, 0.25) is 0 Å². The highest BCUT2D eigenvalue weighted by Gasteiger charge is 2.10. The molecule has 0 saturated carbocycles. The van der Waals surface area contributed by atoms with Crippen LogP contribution in [0.3, 0.4) is 0 Å². The van der Waals surface area contributed by atoms with Crippen LogP contribution in [0, 0.1) is 0 Å². The largest absolute Gasteiger partial charge is 0.497 e. The quantitative estimate of drug-likeness (QED) is 0.822. The summed E-state index contributed by atoms with van der Waals surface area (Å²) in [6.07, 6.45) is 0.960. The topological polar surface area (TPSA) is 58.6 Å². The molecule has 0 aliphatic rings. The summed E-state index contributed by atoms with van der Waals surface area (Å²) in [4.78, 5) is 11.8. The fourth-order valence-corrected chi connectivity index (χ4v) is 2.22. The molecule has 2 rings (SSSR count). The number of hydrogen-bond acceptors (Lipinski definition) is 3. The van der Waals surface area contributed by atoms with Crippen LogP contribution >= 0.6 is 0 Å². The van der Waals surface area contributed by atoms with Gasteiger partial charge in [-0.3, -0.25) is 4.79 Å². The van der Waals surface area contributed by atoms with Gasteiger partial charge in [-0.2, -0.15) is 0 Å². The number of aliphatic hydroxyl groups is 1. The number of hydrogen-bond donors (Lipinski definition) is 2. The van der Waals surface area contributed by atoms with Gasteiger partial charge in [0, 0.05) is 12.1 Å². The van der Waals surface area contributed by atoms with Gasteiger partial charge in [-0.1, -0.05) is 30.3 Å². The summed E-state index contributed by atoms with van der Waals surface area (Å²) in [5, 5.41) is 13.0. The Bertz CT molecular complexity index is 598. The molecule has 116 valence electrons. The normalized spacial score (nSPS) is 11.7. The van der Waals surface area contributed by atoms with E-state index in [1.807, 2.05) is 54.6 Å². The highest BCUT2D eigenvalue weighted by Crippen LogP contribution is 2.23. The lowest BCUT2D eigenvalue weighted by molar-refractivity contribution is -0.116. The molecule has 0 heterocycles. The summed E-state index contributed by atoms with van der Waals surface area (Å²) in [6.45, 7) is 0. The lowest BCUT2D eigenvalue weighted by Crippen LogP contribution is -2.11. The average Bonchev–Trinajstić information content (AvgIpc) is 2.55. The van der Waals surface area contributed by atoms with Gasteiger partial charge in [-0.25, -0.2) is 0 Å². The molecular formula is C18H21NO3. The van der Waals surface area contributed by atoms with E-state index in [-0.39, 0.29) is 5.91 Å². The van der Waals surface area contributed by atoms with E-state index in [1.54, 1.807) is 7.11 Å². The third-order valence-electron chi connectivity index (χ3n) is 3.42. The number of methoxy groups -OCH3 is 1. The SMILES string of the molecule is COc1cccc([C@H](O)CCCC(=O)Nc2ccccc2)c1. The summed E-state index contributed by atoms with van der Waals surface area (Å²) in [7, 11) is 1.60. The number of aliphatic hydroxyl groups excluding tert-OH is 1. The van der Waals surface area contributed by atoms with Gasteiger partial charge in [-0.05, 0) is 42.7 Å². The second-order valence-electron chi connectivity index (χ2n) is 5.10. The van der Waals surface area contributed by atoms with Crippen LogP contribution in [0.25, 0.3) is 0 Å². The van der Waals surface area contributed by atoms with Crippen LogP contribution in [-0.4, -0.2) is 18.1 Å². The molecule has 0 unspecified atom stereocenters. The molecule has 1 amide bonds. The molecular weight excluding hydrogens is 278 g/mol. The molecule has 0 bridgehead atoms. The minimum absolute atomic E-state index is 0.0379. The van der Waals surface area contributed by atoms with E-state index >= 15 is 0 Å². The van der Waals surface area contributed by atoms with Crippen molar-refractivity contribution in [3.8, 4) is 5.75 Å². The molecule has 0 aliphatic carbocycles. The van der Waals surface area contributed by atoms with Gasteiger partial charge in [0.1, 0.15) is 5.75 Å². The van der Waals surface area contributed by atoms with E-state index in [9.17, 15) is 9.90 Å². The fourth-order valence-electron chi connectivity index (χ4n) is 2.22. The van der Waals surface area contributed by atoms with Gasteiger partial charge in [-0.15, -0.1) is 0 Å². The lowest BCUT2D eigenvalue weighted by Gasteiger charge is -2.12. The number of carbonyl (C=O) groups excluding carboxylic acids is 1. The number of ether oxygens (including phenoxy) is 1. The highest BCUT2D eigenvalue weighted by molar-refractivity contribution is 5.90. The van der Waals surface area contributed by atoms with Crippen molar-refractivity contribution in [3.63, 3.8) is 0 Å². The summed E-state index contributed by atoms with van der Waals surface area (Å²) >= 11 is 0. The Morgan fingerprint density at radius 3 is 2.68 bits per heavy atom. The molecule has 0 aromatic heterocycles. The van der Waals surface area contributed by atoms with Gasteiger partial charge < -0.3 is 15.2 Å². The highest BCUT2D eigenvalue weighted by atomic mass is 16.5. The van der Waals surface area contributed by atoms with Crippen LogP contribution in [-0.2, 0) is 4.79 Å². The summed E-state index contributed by atoms with van der Waals surface area (Å²) in [6, 6.07) is 16.7. The maximum Gasteiger partial charge on any atom is 0.224 e. The van der Waals surface area contributed by atoms with Gasteiger partial charge in [0.05, 0.1) is 13.2 Å². The maximum absolute atomic E-state index is 11.8. The number of rotatable bonds is 7. The first-order chi connectivity index (χ1) is 10.7. The molecule has 0 spiro atoms. The van der Waals surface area contributed by atoms with E-state index < -0.39 is 6.10 Å². The second-order valence-corrected chi connectivity index (χ2v) is 5.10. The zero-order valence-corrected chi connectivity index (χ0v) is 12.7. The molecule has 2 aromatic rings. The van der Waals surface area contributed by atoms with Crippen LogP contribution in [0.15, 0.2) is 54.6 Å². The van der Waals surface area contributed by atoms with Crippen molar-refractivity contribution >= 4 is 11.6 Å². The lowest BCUT2D eigenvalue weighted by atomic mass is 10.0. The Morgan fingerprint density at radius 1 is 1.18 bits per heavy atom. The first kappa shape index (κ1) is 16.0. The number of anilines is 1. The summed E-state index contributed by atoms with van der Waals surface area (Å²) in [5.41, 5.74) is 1.60. The fraction of sp³-hybridized carbons (Fsp3) is 0.278. The zero-order valence-electron chi connectivity index (χ0n) is 12.7. The van der Waals surface area contributed by atoms with E-state index in [1.165, 1.54) is 0 Å². The van der Waals surface area contributed by atoms with Crippen molar-refractivity contribution in [2.45, 2.75) is 25.4 Å². The molecule has 2 aromatic carbocycles. The Hall–Kier alpha value is -2.33. The Morgan fingerprint density at radius 2 is 1.95 bits per heavy atom. The van der Waals surface area contributed by atoms with Gasteiger partial charge in [0.2, 0.25) is 5.91 Å². The number of nitrogens with one attached hydrogen (secondary N) is 1. The third kappa shape index (κ3) is 4.90. The van der Waals surface area contributed by atoms with E-state index in [0.29, 0.717) is 19.3 Å². The van der Waals surface area contributed by atoms with Gasteiger partial charge >= 0.3 is 0 Å². The number of carbonyl (C=O) groups is 1. The van der Waals surface area contributed by atoms with Crippen LogP contribution < -0.4 is 10.1 Å². The van der Waals surface area contributed by atoms with Crippen molar-refractivity contribution in [3.05, 3.63) is 60.2 Å². The van der Waals surface area contributed by atoms with Crippen molar-refractivity contribution < 1.29 is 14.6 Å². The molecule has 0 aliphatic heterocycles. The minimum Gasteiger partial charge on any atom is -0.497 e. The van der Waals surface area contributed by atoms with Crippen molar-refractivity contribution in [2.75, 3.05) is 12.4 Å². The third-order valence-corrected chi connectivity index (χ3v) is 3.42. The predicted octanol–water partition coefficient (Wildman–Crippen LogP) is 3.54. The maximum atomic E-state index is 11.8. The molecule has 22 heavy (non-hydrogen) atoms. The first-order valence-corrected chi connectivity index (χ1v) is 7.36. The average molecular weight is 299 g/mol. The number of benzene rings is 2. The minimum atomic E-state index is -0.584. The molecule has 1 atom stereocenters. The molecule has 0 saturated heterocycles. The van der Waals surface area contributed by atoms with Gasteiger partial charge in [0.15, 0.2) is 0 Å². The standard InChI is InChI=1S/C18H21NO3/c1-22-16-10-5-7-14(13-16)17(20)11-6-12-18(21)19-15-8-3-2-4-9-15/h2-5,7-10,13,17,20H,6,11-12H2,1H3,(H,19,21)/t17-/m1/s1. The molecule has 4 nitrogen and oxygen atoms in total. The van der Waals surface area contributed by atoms with E-state index in [4.69, 9.17) is 4.74 Å². The Balaban J connectivity index is 1.76. The Kier molecular flexibility index (Phi) is 5.98. The second kappa shape index (κ2) is 8.20. The van der Waals surface area contributed by atoms with Crippen molar-refractivity contribution in [1.29, 1.82) is 0 Å². The monoisotopic (exact) mass is 299 g/mol. The van der Waals surface area contributed by atoms with Gasteiger partial charge in [0.25, 0.3) is 0 Å². The zero-order chi connectivity index (χ0) is 15.8. The van der Waals surface area contributed by atoms with Crippen LogP contribution in [0.4, 0.5) is 5.69 Å².